The quantitative estimate of drug-likeness (QED) is 0.640. The zero-order chi connectivity index (χ0) is 20.5. The van der Waals surface area contributed by atoms with Gasteiger partial charge >= 0.3 is 0 Å². The topological polar surface area (TPSA) is 57.7 Å². The van der Waals surface area contributed by atoms with Crippen LogP contribution in [0.1, 0.15) is 48.0 Å². The van der Waals surface area contributed by atoms with Crippen LogP contribution < -0.4 is 4.90 Å². The van der Waals surface area contributed by atoms with Crippen molar-refractivity contribution >= 4 is 39.3 Å². The monoisotopic (exact) mass is 454 g/mol. The van der Waals surface area contributed by atoms with Gasteiger partial charge in [0.2, 0.25) is 5.91 Å². The van der Waals surface area contributed by atoms with Crippen molar-refractivity contribution < 1.29 is 14.4 Å². The smallest absolute Gasteiger partial charge is 0.257 e. The normalized spacial score (nSPS) is 19.8. The van der Waals surface area contributed by atoms with Crippen molar-refractivity contribution in [2.75, 3.05) is 4.90 Å². The van der Waals surface area contributed by atoms with Crippen molar-refractivity contribution in [2.45, 2.75) is 51.1 Å². The Kier molecular flexibility index (Phi) is 5.54. The number of benzene rings is 2. The summed E-state index contributed by atoms with van der Waals surface area (Å²) in [5.74, 6) is -0.739. The van der Waals surface area contributed by atoms with E-state index in [2.05, 4.69) is 15.9 Å². The lowest BCUT2D eigenvalue weighted by atomic mass is 10.0. The van der Waals surface area contributed by atoms with E-state index in [1.54, 1.807) is 35.2 Å². The molecule has 2 fully saturated rings. The van der Waals surface area contributed by atoms with Crippen LogP contribution in [0, 0.1) is 6.92 Å². The number of rotatable bonds is 4. The lowest BCUT2D eigenvalue weighted by Gasteiger charge is -2.33. The minimum atomic E-state index is -0.748. The van der Waals surface area contributed by atoms with Crippen LogP contribution in [0.25, 0.3) is 0 Å². The molecule has 2 aromatic carbocycles. The molecule has 0 aromatic heterocycles. The molecule has 1 saturated carbocycles. The maximum atomic E-state index is 13.4. The number of carbonyl (C=O) groups is 3. The van der Waals surface area contributed by atoms with E-state index in [0.717, 1.165) is 35.7 Å². The average molecular weight is 455 g/mol. The van der Waals surface area contributed by atoms with Crippen molar-refractivity contribution in [1.29, 1.82) is 0 Å². The van der Waals surface area contributed by atoms with Crippen LogP contribution in [-0.4, -0.2) is 34.7 Å². The molecule has 6 heteroatoms. The van der Waals surface area contributed by atoms with Gasteiger partial charge in [-0.05, 0) is 56.2 Å². The average Bonchev–Trinajstić information content (AvgIpc) is 3.32. The molecular weight excluding hydrogens is 432 g/mol. The number of imide groups is 1. The Bertz CT molecular complexity index is 951. The molecule has 0 radical (unpaired) electrons. The van der Waals surface area contributed by atoms with Crippen molar-refractivity contribution in [3.05, 3.63) is 64.1 Å². The number of hydrogen-bond acceptors (Lipinski definition) is 3. The lowest BCUT2D eigenvalue weighted by molar-refractivity contribution is -0.123. The Balaban J connectivity index is 1.67. The molecule has 0 spiro atoms. The Morgan fingerprint density at radius 3 is 2.41 bits per heavy atom. The van der Waals surface area contributed by atoms with Crippen molar-refractivity contribution in [3.63, 3.8) is 0 Å². The van der Waals surface area contributed by atoms with Gasteiger partial charge in [-0.15, -0.1) is 0 Å². The molecule has 4 rings (SSSR count). The van der Waals surface area contributed by atoms with Crippen molar-refractivity contribution in [2.24, 2.45) is 0 Å². The predicted molar refractivity (Wildman–Crippen MR) is 115 cm³/mol. The first-order valence-corrected chi connectivity index (χ1v) is 10.8. The summed E-state index contributed by atoms with van der Waals surface area (Å²) < 4.78 is 0.874. The van der Waals surface area contributed by atoms with E-state index in [0.29, 0.717) is 11.3 Å². The minimum absolute atomic E-state index is 0.00497. The van der Waals surface area contributed by atoms with E-state index in [-0.39, 0.29) is 30.2 Å². The van der Waals surface area contributed by atoms with E-state index in [1.807, 2.05) is 25.1 Å². The Morgan fingerprint density at radius 1 is 1.07 bits per heavy atom. The van der Waals surface area contributed by atoms with Crippen LogP contribution in [0.3, 0.4) is 0 Å². The molecule has 0 bridgehead atoms. The highest BCUT2D eigenvalue weighted by atomic mass is 79.9. The van der Waals surface area contributed by atoms with Gasteiger partial charge < -0.3 is 4.90 Å². The summed E-state index contributed by atoms with van der Waals surface area (Å²) in [6.45, 7) is 1.94. The summed E-state index contributed by atoms with van der Waals surface area (Å²) in [6, 6.07) is 13.8. The Labute approximate surface area is 178 Å². The van der Waals surface area contributed by atoms with Crippen LogP contribution in [-0.2, 0) is 9.59 Å². The molecule has 2 aromatic rings. The first-order chi connectivity index (χ1) is 14.0. The van der Waals surface area contributed by atoms with E-state index in [9.17, 15) is 14.4 Å². The molecule has 2 aliphatic rings. The summed E-state index contributed by atoms with van der Waals surface area (Å²) in [7, 11) is 0. The first kappa shape index (κ1) is 19.8. The molecule has 1 aliphatic heterocycles. The molecule has 1 unspecified atom stereocenters. The SMILES string of the molecule is Cc1cccc(C(=O)N(C2CCCC2)C2CC(=O)N(c3ccc(Br)cc3)C2=O)c1. The zero-order valence-corrected chi connectivity index (χ0v) is 17.9. The fraction of sp³-hybridized carbons (Fsp3) is 0.348. The third-order valence-corrected chi connectivity index (χ3v) is 6.29. The third kappa shape index (κ3) is 3.86. The molecule has 3 amide bonds. The highest BCUT2D eigenvalue weighted by molar-refractivity contribution is 9.10. The van der Waals surface area contributed by atoms with Gasteiger partial charge in [0.05, 0.1) is 12.1 Å². The Morgan fingerprint density at radius 2 is 1.76 bits per heavy atom. The molecular formula is C23H23BrN2O3. The van der Waals surface area contributed by atoms with E-state index < -0.39 is 6.04 Å². The maximum Gasteiger partial charge on any atom is 0.257 e. The standard InChI is InChI=1S/C23H23BrN2O3/c1-15-5-4-6-16(13-15)22(28)25(18-7-2-3-8-18)20-14-21(27)26(23(20)29)19-11-9-17(24)10-12-19/h4-6,9-13,18,20H,2-3,7-8,14H2,1H3. The van der Waals surface area contributed by atoms with Gasteiger partial charge in [0.25, 0.3) is 11.8 Å². The molecule has 1 aliphatic carbocycles. The van der Waals surface area contributed by atoms with Crippen LogP contribution in [0.15, 0.2) is 53.0 Å². The first-order valence-electron chi connectivity index (χ1n) is 9.97. The molecule has 150 valence electrons. The maximum absolute atomic E-state index is 13.4. The largest absolute Gasteiger partial charge is 0.323 e. The highest BCUT2D eigenvalue weighted by Crippen LogP contribution is 2.33. The number of halogens is 1. The number of carbonyl (C=O) groups excluding carboxylic acids is 3. The summed E-state index contributed by atoms with van der Waals surface area (Å²) >= 11 is 3.37. The summed E-state index contributed by atoms with van der Waals surface area (Å²) in [5.41, 5.74) is 2.10. The third-order valence-electron chi connectivity index (χ3n) is 5.76. The fourth-order valence-corrected chi connectivity index (χ4v) is 4.63. The van der Waals surface area contributed by atoms with E-state index >= 15 is 0 Å². The number of hydrogen-bond donors (Lipinski definition) is 0. The number of aryl methyl sites for hydroxylation is 1. The molecule has 1 atom stereocenters. The van der Waals surface area contributed by atoms with Crippen LogP contribution in [0.5, 0.6) is 0 Å². The molecule has 5 nitrogen and oxygen atoms in total. The van der Waals surface area contributed by atoms with Crippen LogP contribution >= 0.6 is 15.9 Å². The second-order valence-electron chi connectivity index (χ2n) is 7.78. The summed E-state index contributed by atoms with van der Waals surface area (Å²) in [6.07, 6.45) is 3.84. The van der Waals surface area contributed by atoms with Gasteiger partial charge in [-0.3, -0.25) is 14.4 Å². The molecule has 29 heavy (non-hydrogen) atoms. The highest BCUT2D eigenvalue weighted by Gasteiger charge is 2.47. The van der Waals surface area contributed by atoms with Crippen LogP contribution in [0.2, 0.25) is 0 Å². The second kappa shape index (κ2) is 8.11. The predicted octanol–water partition coefficient (Wildman–Crippen LogP) is 4.47. The molecule has 1 heterocycles. The fourth-order valence-electron chi connectivity index (χ4n) is 4.37. The van der Waals surface area contributed by atoms with Gasteiger partial charge in [-0.2, -0.15) is 0 Å². The van der Waals surface area contributed by atoms with Crippen molar-refractivity contribution in [1.82, 2.24) is 4.90 Å². The summed E-state index contributed by atoms with van der Waals surface area (Å²) in [4.78, 5) is 42.4. The number of nitrogens with zero attached hydrogens (tertiary/aromatic N) is 2. The van der Waals surface area contributed by atoms with Crippen molar-refractivity contribution in [3.8, 4) is 0 Å². The number of anilines is 1. The Hall–Kier alpha value is -2.47. The summed E-state index contributed by atoms with van der Waals surface area (Å²) in [5, 5.41) is 0. The van der Waals surface area contributed by atoms with E-state index in [1.165, 1.54) is 4.90 Å². The van der Waals surface area contributed by atoms with Crippen LogP contribution in [0.4, 0.5) is 5.69 Å². The van der Waals surface area contributed by atoms with Gasteiger partial charge in [-0.25, -0.2) is 4.90 Å². The lowest BCUT2D eigenvalue weighted by Crippen LogP contribution is -2.50. The van der Waals surface area contributed by atoms with Gasteiger partial charge in [0.15, 0.2) is 0 Å². The molecule has 0 N–H and O–H groups in total. The van der Waals surface area contributed by atoms with E-state index in [4.69, 9.17) is 0 Å². The second-order valence-corrected chi connectivity index (χ2v) is 8.70. The van der Waals surface area contributed by atoms with Gasteiger partial charge in [0.1, 0.15) is 6.04 Å². The molecule has 1 saturated heterocycles. The van der Waals surface area contributed by atoms with Gasteiger partial charge in [-0.1, -0.05) is 46.5 Å². The minimum Gasteiger partial charge on any atom is -0.323 e. The number of amides is 3. The zero-order valence-electron chi connectivity index (χ0n) is 16.3. The van der Waals surface area contributed by atoms with Gasteiger partial charge in [0, 0.05) is 16.1 Å².